The topological polar surface area (TPSA) is 54.5 Å². The monoisotopic (exact) mass is 477 g/mol. The molecule has 2 aromatic rings. The van der Waals surface area contributed by atoms with Crippen molar-refractivity contribution in [2.24, 2.45) is 5.92 Å². The van der Waals surface area contributed by atoms with Crippen molar-refractivity contribution >= 4 is 21.8 Å². The Morgan fingerprint density at radius 1 is 1.33 bits per heavy atom. The van der Waals surface area contributed by atoms with Crippen molar-refractivity contribution in [3.8, 4) is 0 Å². The molecule has 1 N–H and O–H groups in total. The smallest absolute Gasteiger partial charge is 0.230 e. The summed E-state index contributed by atoms with van der Waals surface area (Å²) in [6, 6.07) is 6.42. The van der Waals surface area contributed by atoms with E-state index in [2.05, 4.69) is 26.2 Å². The van der Waals surface area contributed by atoms with Gasteiger partial charge in [0, 0.05) is 30.9 Å². The third-order valence-electron chi connectivity index (χ3n) is 6.42. The summed E-state index contributed by atoms with van der Waals surface area (Å²) < 4.78 is 34.8. The molecule has 30 heavy (non-hydrogen) atoms. The molecular weight excluding hydrogens is 456 g/mol. The highest BCUT2D eigenvalue weighted by Gasteiger charge is 2.53. The number of benzene rings is 1. The number of hydrogen-bond acceptors (Lipinski definition) is 4. The molecule has 8 heteroatoms. The van der Waals surface area contributed by atoms with Crippen LogP contribution in [-0.2, 0) is 28.3 Å². The number of hydrogen-bond donors (Lipinski definition) is 1. The van der Waals surface area contributed by atoms with E-state index in [1.807, 2.05) is 17.0 Å². The van der Waals surface area contributed by atoms with Crippen molar-refractivity contribution in [1.29, 1.82) is 0 Å². The summed E-state index contributed by atoms with van der Waals surface area (Å²) in [7, 11) is 0. The Kier molecular flexibility index (Phi) is 5.11. The summed E-state index contributed by atoms with van der Waals surface area (Å²) in [6.45, 7) is 1.73. The highest BCUT2D eigenvalue weighted by Crippen LogP contribution is 2.48. The summed E-state index contributed by atoms with van der Waals surface area (Å²) in [5.74, 6) is -2.31. The fraction of sp³-hybridized carbons (Fsp3) is 0.455. The lowest BCUT2D eigenvalue weighted by Gasteiger charge is -2.42. The first-order valence-corrected chi connectivity index (χ1v) is 11.0. The van der Waals surface area contributed by atoms with Crippen LogP contribution in [0.3, 0.4) is 0 Å². The van der Waals surface area contributed by atoms with Crippen LogP contribution < -0.4 is 5.32 Å². The molecular formula is C22H22BrF2N3O2. The first-order valence-electron chi connectivity index (χ1n) is 10.2. The van der Waals surface area contributed by atoms with Gasteiger partial charge in [0.2, 0.25) is 5.91 Å². The predicted octanol–water partition coefficient (Wildman–Crippen LogP) is 3.65. The number of aromatic nitrogens is 1. The summed E-state index contributed by atoms with van der Waals surface area (Å²) in [6.07, 6.45) is 4.17. The Morgan fingerprint density at radius 2 is 2.13 bits per heavy atom. The molecule has 1 saturated heterocycles. The van der Waals surface area contributed by atoms with E-state index in [4.69, 9.17) is 4.74 Å². The molecule has 158 valence electrons. The van der Waals surface area contributed by atoms with Crippen LogP contribution in [0.25, 0.3) is 0 Å². The fourth-order valence-corrected chi connectivity index (χ4v) is 5.10. The number of nitrogens with one attached hydrogen (secondary N) is 1. The molecule has 1 aliphatic carbocycles. The Bertz CT molecular complexity index is 1000. The number of amides is 1. The van der Waals surface area contributed by atoms with Crippen LogP contribution in [0.15, 0.2) is 35.1 Å². The molecule has 3 aliphatic rings. The minimum Gasteiger partial charge on any atom is -0.365 e. The van der Waals surface area contributed by atoms with Crippen molar-refractivity contribution in [3.05, 3.63) is 63.4 Å². The third-order valence-corrected chi connectivity index (χ3v) is 7.13. The SMILES string of the molecule is O=C([C@H]1CNCC[C@@]12OCc1cc(F)c(F)cc12)N(Cc1cccnc1Br)C1CC1. The van der Waals surface area contributed by atoms with E-state index in [0.29, 0.717) is 37.2 Å². The lowest BCUT2D eigenvalue weighted by Crippen LogP contribution is -2.55. The number of piperidine rings is 1. The van der Waals surface area contributed by atoms with Gasteiger partial charge in [-0.05, 0) is 71.1 Å². The number of nitrogens with zero attached hydrogens (tertiary/aromatic N) is 2. The zero-order valence-electron chi connectivity index (χ0n) is 16.3. The molecule has 1 spiro atoms. The largest absolute Gasteiger partial charge is 0.365 e. The number of rotatable bonds is 4. The summed E-state index contributed by atoms with van der Waals surface area (Å²) in [5, 5.41) is 3.30. The minimum atomic E-state index is -0.925. The van der Waals surface area contributed by atoms with Crippen LogP contribution in [0, 0.1) is 17.6 Å². The van der Waals surface area contributed by atoms with Crippen LogP contribution in [0.4, 0.5) is 8.78 Å². The van der Waals surface area contributed by atoms with Gasteiger partial charge in [0.05, 0.1) is 12.5 Å². The lowest BCUT2D eigenvalue weighted by atomic mass is 9.75. The number of carbonyl (C=O) groups is 1. The molecule has 2 atom stereocenters. The van der Waals surface area contributed by atoms with Gasteiger partial charge in [-0.25, -0.2) is 13.8 Å². The maximum atomic E-state index is 14.1. The molecule has 5 nitrogen and oxygen atoms in total. The van der Waals surface area contributed by atoms with Gasteiger partial charge in [0.25, 0.3) is 0 Å². The summed E-state index contributed by atoms with van der Waals surface area (Å²) in [5.41, 5.74) is 1.25. The van der Waals surface area contributed by atoms with Crippen LogP contribution in [0.2, 0.25) is 0 Å². The van der Waals surface area contributed by atoms with Crippen LogP contribution in [0.5, 0.6) is 0 Å². The van der Waals surface area contributed by atoms with Crippen molar-refractivity contribution in [3.63, 3.8) is 0 Å². The molecule has 5 rings (SSSR count). The molecule has 0 radical (unpaired) electrons. The number of fused-ring (bicyclic) bond motifs is 2. The fourth-order valence-electron chi connectivity index (χ4n) is 4.72. The Hall–Kier alpha value is -1.90. The zero-order chi connectivity index (χ0) is 20.9. The van der Waals surface area contributed by atoms with Gasteiger partial charge in [-0.3, -0.25) is 4.79 Å². The van der Waals surface area contributed by atoms with Crippen LogP contribution in [0.1, 0.15) is 36.0 Å². The zero-order valence-corrected chi connectivity index (χ0v) is 17.9. The van der Waals surface area contributed by atoms with Gasteiger partial charge in [-0.1, -0.05) is 6.07 Å². The average molecular weight is 478 g/mol. The Morgan fingerprint density at radius 3 is 2.90 bits per heavy atom. The average Bonchev–Trinajstić information content (AvgIpc) is 3.53. The highest BCUT2D eigenvalue weighted by molar-refractivity contribution is 9.10. The molecule has 0 bridgehead atoms. The van der Waals surface area contributed by atoms with Crippen molar-refractivity contribution in [2.45, 2.75) is 44.1 Å². The Balaban J connectivity index is 1.50. The maximum Gasteiger partial charge on any atom is 0.230 e. The number of pyridine rings is 1. The molecule has 0 unspecified atom stereocenters. The molecule has 1 saturated carbocycles. The minimum absolute atomic E-state index is 0.0157. The van der Waals surface area contributed by atoms with E-state index in [-0.39, 0.29) is 18.6 Å². The van der Waals surface area contributed by atoms with Gasteiger partial charge in [0.1, 0.15) is 10.2 Å². The first kappa shape index (κ1) is 20.0. The van der Waals surface area contributed by atoms with E-state index in [1.54, 1.807) is 6.20 Å². The summed E-state index contributed by atoms with van der Waals surface area (Å²) >= 11 is 3.47. The van der Waals surface area contributed by atoms with E-state index in [9.17, 15) is 13.6 Å². The second kappa shape index (κ2) is 7.66. The number of carbonyl (C=O) groups excluding carboxylic acids is 1. The van der Waals surface area contributed by atoms with Crippen molar-refractivity contribution in [1.82, 2.24) is 15.2 Å². The van der Waals surface area contributed by atoms with Crippen molar-refractivity contribution < 1.29 is 18.3 Å². The van der Waals surface area contributed by atoms with Gasteiger partial charge >= 0.3 is 0 Å². The van der Waals surface area contributed by atoms with E-state index in [0.717, 1.165) is 23.0 Å². The molecule has 1 aromatic carbocycles. The molecule has 1 amide bonds. The van der Waals surface area contributed by atoms with Gasteiger partial charge in [0.15, 0.2) is 11.6 Å². The van der Waals surface area contributed by atoms with E-state index in [1.165, 1.54) is 12.1 Å². The standard InChI is InChI=1S/C22H22BrF2N3O2/c23-20-13(2-1-6-27-20)11-28(15-3-4-15)21(29)17-10-26-7-5-22(17)16-9-19(25)18(24)8-14(16)12-30-22/h1-2,6,8-9,15,17,26H,3-5,7,10-12H2/t17-,22+/m1/s1. The van der Waals surface area contributed by atoms with Gasteiger partial charge in [-0.15, -0.1) is 0 Å². The quantitative estimate of drug-likeness (QED) is 0.682. The van der Waals surface area contributed by atoms with Crippen molar-refractivity contribution in [2.75, 3.05) is 13.1 Å². The normalized spacial score (nSPS) is 25.4. The number of halogens is 3. The third kappa shape index (κ3) is 3.35. The lowest BCUT2D eigenvalue weighted by molar-refractivity contribution is -0.157. The maximum absolute atomic E-state index is 14.1. The second-order valence-electron chi connectivity index (χ2n) is 8.26. The second-order valence-corrected chi connectivity index (χ2v) is 9.01. The van der Waals surface area contributed by atoms with Gasteiger partial charge < -0.3 is 15.0 Å². The molecule has 1 aromatic heterocycles. The predicted molar refractivity (Wildman–Crippen MR) is 109 cm³/mol. The molecule has 3 heterocycles. The van der Waals surface area contributed by atoms with Gasteiger partial charge in [-0.2, -0.15) is 0 Å². The number of ether oxygens (including phenoxy) is 1. The van der Waals surface area contributed by atoms with E-state index < -0.39 is 23.2 Å². The highest BCUT2D eigenvalue weighted by atomic mass is 79.9. The first-order chi connectivity index (χ1) is 14.5. The summed E-state index contributed by atoms with van der Waals surface area (Å²) in [4.78, 5) is 20.0. The molecule has 2 aliphatic heterocycles. The molecule has 2 fully saturated rings. The van der Waals surface area contributed by atoms with E-state index >= 15 is 0 Å². The van der Waals surface area contributed by atoms with Crippen LogP contribution in [-0.4, -0.2) is 34.9 Å². The van der Waals surface area contributed by atoms with Crippen LogP contribution >= 0.6 is 15.9 Å². The Labute approximate surface area is 181 Å².